The van der Waals surface area contributed by atoms with Crippen LogP contribution in [0.1, 0.15) is 37.7 Å². The van der Waals surface area contributed by atoms with Crippen LogP contribution >= 0.6 is 0 Å². The fraction of sp³-hybridized carbons (Fsp3) is 0.625. The number of benzene rings is 1. The summed E-state index contributed by atoms with van der Waals surface area (Å²) in [5.41, 5.74) is 0.986. The van der Waals surface area contributed by atoms with Crippen molar-refractivity contribution in [2.45, 2.75) is 44.6 Å². The van der Waals surface area contributed by atoms with Crippen molar-refractivity contribution in [1.29, 1.82) is 0 Å². The number of hydrogen-bond donors (Lipinski definition) is 1. The van der Waals surface area contributed by atoms with E-state index in [0.29, 0.717) is 39.0 Å². The van der Waals surface area contributed by atoms with E-state index in [1.54, 1.807) is 16.9 Å². The largest absolute Gasteiger partial charge is 0.496 e. The van der Waals surface area contributed by atoms with E-state index in [1.165, 1.54) is 7.11 Å². The van der Waals surface area contributed by atoms with Crippen LogP contribution < -0.4 is 10.1 Å². The quantitative estimate of drug-likeness (QED) is 0.719. The van der Waals surface area contributed by atoms with Crippen molar-refractivity contribution < 1.29 is 23.9 Å². The number of amides is 3. The molecule has 2 aliphatic rings. The average Bonchev–Trinajstić information content (AvgIpc) is 2.81. The van der Waals surface area contributed by atoms with Gasteiger partial charge in [-0.2, -0.15) is 0 Å². The molecular formula is C24H35N3O5. The van der Waals surface area contributed by atoms with E-state index in [2.05, 4.69) is 5.32 Å². The van der Waals surface area contributed by atoms with Crippen LogP contribution in [-0.4, -0.2) is 80.6 Å². The topological polar surface area (TPSA) is 88.2 Å². The number of carbonyl (C=O) groups excluding carboxylic acids is 3. The van der Waals surface area contributed by atoms with E-state index >= 15 is 0 Å². The smallest absolute Gasteiger partial charge is 0.248 e. The third-order valence-electron chi connectivity index (χ3n) is 6.50. The molecular weight excluding hydrogens is 410 g/mol. The van der Waals surface area contributed by atoms with Gasteiger partial charge in [-0.05, 0) is 30.9 Å². The highest BCUT2D eigenvalue weighted by atomic mass is 16.5. The lowest BCUT2D eigenvalue weighted by Crippen LogP contribution is -2.56. The van der Waals surface area contributed by atoms with E-state index < -0.39 is 0 Å². The summed E-state index contributed by atoms with van der Waals surface area (Å²) < 4.78 is 10.5. The Morgan fingerprint density at radius 1 is 1.06 bits per heavy atom. The van der Waals surface area contributed by atoms with E-state index in [-0.39, 0.29) is 36.3 Å². The summed E-state index contributed by atoms with van der Waals surface area (Å²) in [4.78, 5) is 42.3. The summed E-state index contributed by atoms with van der Waals surface area (Å²) in [5.74, 6) is 0.433. The number of methoxy groups -OCH3 is 2. The number of nitrogens with zero attached hydrogens (tertiary/aromatic N) is 2. The lowest BCUT2D eigenvalue weighted by Gasteiger charge is -2.41. The van der Waals surface area contributed by atoms with Gasteiger partial charge in [-0.15, -0.1) is 0 Å². The van der Waals surface area contributed by atoms with Crippen LogP contribution in [0.4, 0.5) is 0 Å². The lowest BCUT2D eigenvalue weighted by atomic mass is 9.82. The minimum absolute atomic E-state index is 0.00469. The first-order valence-corrected chi connectivity index (χ1v) is 11.5. The summed E-state index contributed by atoms with van der Waals surface area (Å²) in [6.45, 7) is 1.69. The molecule has 0 spiro atoms. The molecule has 1 N–H and O–H groups in total. The number of fused-ring (bicyclic) bond motifs is 1. The SMILES string of the molecule is COCC(=O)N1CCN(C(=O)CCc2ccccc2OC)CCNC(=O)C2CCCCC21. The molecule has 1 aliphatic carbocycles. The highest BCUT2D eigenvalue weighted by Gasteiger charge is 2.37. The Morgan fingerprint density at radius 3 is 2.62 bits per heavy atom. The third-order valence-corrected chi connectivity index (χ3v) is 6.50. The van der Waals surface area contributed by atoms with Gasteiger partial charge in [0.25, 0.3) is 0 Å². The Balaban J connectivity index is 1.71. The van der Waals surface area contributed by atoms with Crippen LogP contribution in [0.15, 0.2) is 24.3 Å². The molecule has 8 heteroatoms. The highest BCUT2D eigenvalue weighted by Crippen LogP contribution is 2.29. The monoisotopic (exact) mass is 445 g/mol. The molecule has 2 atom stereocenters. The number of rotatable bonds is 6. The Hall–Kier alpha value is -2.61. The number of carbonyl (C=O) groups is 3. The third kappa shape index (κ3) is 6.00. The van der Waals surface area contributed by atoms with Gasteiger partial charge in [0.15, 0.2) is 0 Å². The van der Waals surface area contributed by atoms with E-state index in [4.69, 9.17) is 9.47 Å². The molecule has 1 aromatic carbocycles. The second-order valence-electron chi connectivity index (χ2n) is 8.46. The number of nitrogens with one attached hydrogen (secondary N) is 1. The Morgan fingerprint density at radius 2 is 1.84 bits per heavy atom. The molecule has 3 amide bonds. The molecule has 1 aliphatic heterocycles. The molecule has 1 aromatic rings. The predicted octanol–water partition coefficient (Wildman–Crippen LogP) is 1.62. The molecule has 176 valence electrons. The maximum atomic E-state index is 13.0. The van der Waals surface area contributed by atoms with Gasteiger partial charge in [-0.3, -0.25) is 14.4 Å². The Bertz CT molecular complexity index is 800. The summed E-state index contributed by atoms with van der Waals surface area (Å²) in [7, 11) is 3.12. The molecule has 32 heavy (non-hydrogen) atoms. The second kappa shape index (κ2) is 11.9. The van der Waals surface area contributed by atoms with E-state index in [1.807, 2.05) is 24.3 Å². The van der Waals surface area contributed by atoms with Gasteiger partial charge >= 0.3 is 0 Å². The van der Waals surface area contributed by atoms with Gasteiger partial charge in [0.2, 0.25) is 17.7 Å². The van der Waals surface area contributed by atoms with Gasteiger partial charge < -0.3 is 24.6 Å². The summed E-state index contributed by atoms with van der Waals surface area (Å²) in [6, 6.07) is 7.54. The van der Waals surface area contributed by atoms with Crippen molar-refractivity contribution in [3.8, 4) is 5.75 Å². The van der Waals surface area contributed by atoms with Gasteiger partial charge in [0.1, 0.15) is 12.4 Å². The maximum Gasteiger partial charge on any atom is 0.248 e. The van der Waals surface area contributed by atoms with Crippen molar-refractivity contribution in [2.24, 2.45) is 5.92 Å². The van der Waals surface area contributed by atoms with Gasteiger partial charge in [0, 0.05) is 45.8 Å². The van der Waals surface area contributed by atoms with Crippen LogP contribution in [0.5, 0.6) is 5.75 Å². The maximum absolute atomic E-state index is 13.0. The van der Waals surface area contributed by atoms with Crippen LogP contribution in [0.2, 0.25) is 0 Å². The van der Waals surface area contributed by atoms with Crippen molar-refractivity contribution in [3.63, 3.8) is 0 Å². The number of para-hydroxylation sites is 1. The van der Waals surface area contributed by atoms with E-state index in [9.17, 15) is 14.4 Å². The molecule has 8 nitrogen and oxygen atoms in total. The van der Waals surface area contributed by atoms with E-state index in [0.717, 1.165) is 37.0 Å². The first-order valence-electron chi connectivity index (χ1n) is 11.5. The normalized spacial score (nSPS) is 22.0. The zero-order valence-corrected chi connectivity index (χ0v) is 19.2. The molecule has 1 saturated heterocycles. The number of hydrogen-bond acceptors (Lipinski definition) is 5. The molecule has 2 unspecified atom stereocenters. The number of ether oxygens (including phenoxy) is 2. The van der Waals surface area contributed by atoms with Crippen molar-refractivity contribution >= 4 is 17.7 Å². The van der Waals surface area contributed by atoms with Gasteiger partial charge in [-0.25, -0.2) is 0 Å². The number of aryl methyl sites for hydroxylation is 1. The lowest BCUT2D eigenvalue weighted by molar-refractivity contribution is -0.144. The fourth-order valence-electron chi connectivity index (χ4n) is 4.82. The van der Waals surface area contributed by atoms with Crippen molar-refractivity contribution in [3.05, 3.63) is 29.8 Å². The molecule has 3 rings (SSSR count). The molecule has 0 aromatic heterocycles. The van der Waals surface area contributed by atoms with Crippen LogP contribution in [-0.2, 0) is 25.5 Å². The standard InChI is InChI=1S/C24H35N3O5/c1-31-17-23(29)27-16-15-26(14-13-25-24(30)19-8-4-5-9-20(19)27)22(28)12-11-18-7-3-6-10-21(18)32-2/h3,6-7,10,19-20H,4-5,8-9,11-17H2,1-2H3,(H,25,30). The van der Waals surface area contributed by atoms with Crippen LogP contribution in [0.25, 0.3) is 0 Å². The molecule has 2 fully saturated rings. The van der Waals surface area contributed by atoms with Gasteiger partial charge in [0.05, 0.1) is 13.0 Å². The first-order chi connectivity index (χ1) is 15.5. The summed E-state index contributed by atoms with van der Waals surface area (Å²) >= 11 is 0. The molecule has 0 radical (unpaired) electrons. The predicted molar refractivity (Wildman–Crippen MR) is 120 cm³/mol. The van der Waals surface area contributed by atoms with Crippen molar-refractivity contribution in [2.75, 3.05) is 47.0 Å². The van der Waals surface area contributed by atoms with Gasteiger partial charge in [-0.1, -0.05) is 31.0 Å². The average molecular weight is 446 g/mol. The molecule has 1 saturated carbocycles. The Labute approximate surface area is 190 Å². The summed E-state index contributed by atoms with van der Waals surface area (Å²) in [5, 5.41) is 3.00. The second-order valence-corrected chi connectivity index (χ2v) is 8.46. The zero-order valence-electron chi connectivity index (χ0n) is 19.2. The Kier molecular flexibility index (Phi) is 8.90. The minimum atomic E-state index is -0.197. The summed E-state index contributed by atoms with van der Waals surface area (Å²) in [6.07, 6.45) is 4.49. The minimum Gasteiger partial charge on any atom is -0.496 e. The van der Waals surface area contributed by atoms with Crippen LogP contribution in [0, 0.1) is 5.92 Å². The van der Waals surface area contributed by atoms with Crippen molar-refractivity contribution in [1.82, 2.24) is 15.1 Å². The zero-order chi connectivity index (χ0) is 22.9. The first kappa shape index (κ1) is 24.0. The van der Waals surface area contributed by atoms with Crippen LogP contribution in [0.3, 0.4) is 0 Å². The molecule has 1 heterocycles. The molecule has 0 bridgehead atoms. The highest BCUT2D eigenvalue weighted by molar-refractivity contribution is 5.83. The fourth-order valence-corrected chi connectivity index (χ4v) is 4.82.